The lowest BCUT2D eigenvalue weighted by Crippen LogP contribution is -2.21. The summed E-state index contributed by atoms with van der Waals surface area (Å²) in [7, 11) is 0. The first-order chi connectivity index (χ1) is 8.78. The van der Waals surface area contributed by atoms with Crippen LogP contribution in [-0.4, -0.2) is 6.47 Å². The molecule has 0 radical (unpaired) electrons. The van der Waals surface area contributed by atoms with Gasteiger partial charge in [0.1, 0.15) is 5.75 Å². The van der Waals surface area contributed by atoms with Crippen molar-refractivity contribution in [3.8, 4) is 5.75 Å². The maximum atomic E-state index is 10.7. The first kappa shape index (κ1) is 15.7. The molecule has 1 aromatic rings. The first-order valence-corrected chi connectivity index (χ1v) is 7.03. The Labute approximate surface area is 117 Å². The zero-order valence-corrected chi connectivity index (χ0v) is 13.0. The molecule has 106 valence electrons. The molecule has 19 heavy (non-hydrogen) atoms. The fourth-order valence-corrected chi connectivity index (χ4v) is 2.03. The van der Waals surface area contributed by atoms with Crippen LogP contribution in [-0.2, 0) is 15.6 Å². The molecule has 2 nitrogen and oxygen atoms in total. The van der Waals surface area contributed by atoms with Crippen LogP contribution in [0.1, 0.15) is 65.5 Å². The van der Waals surface area contributed by atoms with E-state index < -0.39 is 0 Å². The molecule has 0 aliphatic carbocycles. The van der Waals surface area contributed by atoms with Gasteiger partial charge in [-0.1, -0.05) is 53.7 Å². The van der Waals surface area contributed by atoms with Crippen molar-refractivity contribution in [2.24, 2.45) is 0 Å². The molecule has 0 amide bonds. The summed E-state index contributed by atoms with van der Waals surface area (Å²) < 4.78 is 5.15. The largest absolute Gasteiger partial charge is 0.428 e. The Hall–Kier alpha value is -1.31. The number of benzene rings is 1. The van der Waals surface area contributed by atoms with Crippen LogP contribution in [0.3, 0.4) is 0 Å². The van der Waals surface area contributed by atoms with E-state index in [0.717, 1.165) is 18.4 Å². The normalized spacial score (nSPS) is 12.3. The third kappa shape index (κ3) is 3.37. The average molecular weight is 262 g/mol. The van der Waals surface area contributed by atoms with Crippen molar-refractivity contribution in [2.75, 3.05) is 0 Å². The molecule has 1 rings (SSSR count). The second-order valence-electron chi connectivity index (χ2n) is 6.40. The van der Waals surface area contributed by atoms with Crippen molar-refractivity contribution in [1.82, 2.24) is 0 Å². The minimum Gasteiger partial charge on any atom is -0.428 e. The smallest absolute Gasteiger partial charge is 0.298 e. The molecule has 0 atom stereocenters. The van der Waals surface area contributed by atoms with Gasteiger partial charge in [-0.2, -0.15) is 0 Å². The van der Waals surface area contributed by atoms with Crippen molar-refractivity contribution in [3.05, 3.63) is 29.3 Å². The van der Waals surface area contributed by atoms with Gasteiger partial charge < -0.3 is 4.74 Å². The molecule has 0 heterocycles. The molecular weight excluding hydrogens is 236 g/mol. The number of hydrogen-bond donors (Lipinski definition) is 0. The van der Waals surface area contributed by atoms with E-state index in [2.05, 4.69) is 53.7 Å². The fourth-order valence-electron chi connectivity index (χ4n) is 2.03. The number of carbonyl (C=O) groups is 1. The Morgan fingerprint density at radius 2 is 1.63 bits per heavy atom. The van der Waals surface area contributed by atoms with Gasteiger partial charge >= 0.3 is 0 Å². The Balaban J connectivity index is 3.38. The van der Waals surface area contributed by atoms with Crippen LogP contribution in [0.15, 0.2) is 18.2 Å². The average Bonchev–Trinajstić information content (AvgIpc) is 2.39. The second-order valence-corrected chi connectivity index (χ2v) is 6.40. The molecule has 0 aliphatic rings. The summed E-state index contributed by atoms with van der Waals surface area (Å²) >= 11 is 0. The van der Waals surface area contributed by atoms with Crippen LogP contribution < -0.4 is 4.74 Å². The summed E-state index contributed by atoms with van der Waals surface area (Å²) in [5.74, 6) is 0.678. The van der Waals surface area contributed by atoms with Crippen molar-refractivity contribution in [1.29, 1.82) is 0 Å². The first-order valence-electron chi connectivity index (χ1n) is 7.03. The molecule has 0 saturated carbocycles. The standard InChI is InChI=1S/C17H26O2/c1-7-16(3,4)13-9-10-15(19-12-18)14(11-13)17(5,6)8-2/h9-12H,7-8H2,1-6H3. The van der Waals surface area contributed by atoms with E-state index in [0.29, 0.717) is 12.2 Å². The van der Waals surface area contributed by atoms with Crippen molar-refractivity contribution >= 4 is 6.47 Å². The van der Waals surface area contributed by atoms with Gasteiger partial charge in [0.15, 0.2) is 0 Å². The fraction of sp³-hybridized carbons (Fsp3) is 0.588. The predicted octanol–water partition coefficient (Wildman–Crippen LogP) is 4.60. The lowest BCUT2D eigenvalue weighted by atomic mass is 9.76. The molecular formula is C17H26O2. The van der Waals surface area contributed by atoms with Gasteiger partial charge in [-0.25, -0.2) is 0 Å². The van der Waals surface area contributed by atoms with E-state index in [4.69, 9.17) is 4.74 Å². The highest BCUT2D eigenvalue weighted by molar-refractivity contribution is 5.51. The van der Waals surface area contributed by atoms with E-state index in [1.807, 2.05) is 6.07 Å². The van der Waals surface area contributed by atoms with Gasteiger partial charge in [0.25, 0.3) is 6.47 Å². The topological polar surface area (TPSA) is 26.3 Å². The highest BCUT2D eigenvalue weighted by atomic mass is 16.5. The van der Waals surface area contributed by atoms with Crippen LogP contribution in [0.2, 0.25) is 0 Å². The summed E-state index contributed by atoms with van der Waals surface area (Å²) in [6, 6.07) is 6.19. The van der Waals surface area contributed by atoms with Gasteiger partial charge in [0, 0.05) is 5.56 Å². The highest BCUT2D eigenvalue weighted by Gasteiger charge is 2.26. The quantitative estimate of drug-likeness (QED) is 0.700. The number of ether oxygens (including phenoxy) is 1. The van der Waals surface area contributed by atoms with E-state index in [-0.39, 0.29) is 10.8 Å². The van der Waals surface area contributed by atoms with Crippen molar-refractivity contribution in [3.63, 3.8) is 0 Å². The van der Waals surface area contributed by atoms with E-state index in [1.54, 1.807) is 0 Å². The minimum absolute atomic E-state index is 0.00181. The van der Waals surface area contributed by atoms with Gasteiger partial charge in [-0.15, -0.1) is 0 Å². The third-order valence-electron chi connectivity index (χ3n) is 4.43. The lowest BCUT2D eigenvalue weighted by molar-refractivity contribution is -0.120. The van der Waals surface area contributed by atoms with Crippen LogP contribution in [0.25, 0.3) is 0 Å². The number of hydrogen-bond acceptors (Lipinski definition) is 2. The summed E-state index contributed by atoms with van der Waals surface area (Å²) in [6.07, 6.45) is 2.07. The van der Waals surface area contributed by atoms with Crippen LogP contribution >= 0.6 is 0 Å². The van der Waals surface area contributed by atoms with Gasteiger partial charge in [-0.3, -0.25) is 4.79 Å². The highest BCUT2D eigenvalue weighted by Crippen LogP contribution is 2.38. The monoisotopic (exact) mass is 262 g/mol. The zero-order valence-electron chi connectivity index (χ0n) is 13.0. The second kappa shape index (κ2) is 5.77. The number of rotatable bonds is 6. The Bertz CT molecular complexity index is 445. The van der Waals surface area contributed by atoms with Crippen LogP contribution in [0, 0.1) is 0 Å². The molecule has 0 bridgehead atoms. The maximum Gasteiger partial charge on any atom is 0.298 e. The summed E-state index contributed by atoms with van der Waals surface area (Å²) in [5, 5.41) is 0. The molecule has 0 aromatic heterocycles. The van der Waals surface area contributed by atoms with E-state index in [9.17, 15) is 4.79 Å². The van der Waals surface area contributed by atoms with Crippen LogP contribution in [0.4, 0.5) is 0 Å². The zero-order chi connectivity index (χ0) is 14.7. The molecule has 0 aliphatic heterocycles. The predicted molar refractivity (Wildman–Crippen MR) is 79.8 cm³/mol. The molecule has 1 aromatic carbocycles. The molecule has 0 unspecified atom stereocenters. The van der Waals surface area contributed by atoms with Crippen molar-refractivity contribution in [2.45, 2.75) is 65.2 Å². The molecule has 0 saturated heterocycles. The summed E-state index contributed by atoms with van der Waals surface area (Å²) in [4.78, 5) is 10.7. The maximum absolute atomic E-state index is 10.7. The molecule has 2 heteroatoms. The van der Waals surface area contributed by atoms with Crippen LogP contribution in [0.5, 0.6) is 5.75 Å². The Kier molecular flexibility index (Phi) is 4.78. The summed E-state index contributed by atoms with van der Waals surface area (Å²) in [5.41, 5.74) is 2.54. The molecule has 0 fully saturated rings. The molecule has 0 spiro atoms. The third-order valence-corrected chi connectivity index (χ3v) is 4.43. The lowest BCUT2D eigenvalue weighted by Gasteiger charge is -2.29. The Morgan fingerprint density at radius 3 is 2.11 bits per heavy atom. The number of carbonyl (C=O) groups excluding carboxylic acids is 1. The van der Waals surface area contributed by atoms with Gasteiger partial charge in [0.2, 0.25) is 0 Å². The SMILES string of the molecule is CCC(C)(C)c1ccc(OC=O)c(C(C)(C)CC)c1. The summed E-state index contributed by atoms with van der Waals surface area (Å²) in [6.45, 7) is 13.7. The van der Waals surface area contributed by atoms with Gasteiger partial charge in [-0.05, 0) is 35.3 Å². The van der Waals surface area contributed by atoms with E-state index >= 15 is 0 Å². The van der Waals surface area contributed by atoms with E-state index in [1.165, 1.54) is 5.56 Å². The Morgan fingerprint density at radius 1 is 1.05 bits per heavy atom. The van der Waals surface area contributed by atoms with Gasteiger partial charge in [0.05, 0.1) is 0 Å². The minimum atomic E-state index is -0.00181. The molecule has 0 N–H and O–H groups in total. The van der Waals surface area contributed by atoms with Crippen molar-refractivity contribution < 1.29 is 9.53 Å².